The van der Waals surface area contributed by atoms with Crippen LogP contribution in [0, 0.1) is 5.92 Å². The Morgan fingerprint density at radius 3 is 1.94 bits per heavy atom. The molecule has 4 heterocycles. The number of benzene rings is 2. The lowest BCUT2D eigenvalue weighted by Crippen LogP contribution is -2.58. The highest BCUT2D eigenvalue weighted by Gasteiger charge is 2.47. The van der Waals surface area contributed by atoms with E-state index < -0.39 is 36.1 Å². The van der Waals surface area contributed by atoms with Crippen molar-refractivity contribution in [2.24, 2.45) is 5.92 Å². The minimum absolute atomic E-state index is 0.00943. The second-order valence-electron chi connectivity index (χ2n) is 13.6. The summed E-state index contributed by atoms with van der Waals surface area (Å²) in [5.41, 5.74) is 3.38. The van der Waals surface area contributed by atoms with E-state index in [1.807, 2.05) is 60.7 Å². The molecule has 4 amide bonds. The molecule has 4 fully saturated rings. The molecule has 0 aromatic heterocycles. The van der Waals surface area contributed by atoms with Gasteiger partial charge in [0.25, 0.3) is 0 Å². The average molecular weight is 685 g/mol. The van der Waals surface area contributed by atoms with Crippen LogP contribution < -0.4 is 10.6 Å². The Labute approximate surface area is 291 Å². The molecule has 0 radical (unpaired) electrons. The molecule has 0 saturated carbocycles. The zero-order valence-electron chi connectivity index (χ0n) is 28.5. The summed E-state index contributed by atoms with van der Waals surface area (Å²) < 4.78 is 9.41. The van der Waals surface area contributed by atoms with Crippen molar-refractivity contribution in [1.29, 1.82) is 0 Å². The molecule has 50 heavy (non-hydrogen) atoms. The van der Waals surface area contributed by atoms with E-state index in [0.717, 1.165) is 42.4 Å². The highest BCUT2D eigenvalue weighted by atomic mass is 16.5. The number of ether oxygens (including phenoxy) is 2. The monoisotopic (exact) mass is 684 g/mol. The van der Waals surface area contributed by atoms with Crippen LogP contribution >= 0.6 is 0 Å². The van der Waals surface area contributed by atoms with E-state index in [1.165, 1.54) is 14.2 Å². The molecule has 12 nitrogen and oxygen atoms in total. The maximum Gasteiger partial charge on any atom is 0.407 e. The fourth-order valence-electron chi connectivity index (χ4n) is 7.93. The molecule has 0 aliphatic carbocycles. The molecule has 0 spiro atoms. The van der Waals surface area contributed by atoms with E-state index >= 15 is 0 Å². The normalized spacial score (nSPS) is 26.0. The number of esters is 1. The molecular formula is C38H44N4O8. The van der Waals surface area contributed by atoms with Crippen LogP contribution in [0.2, 0.25) is 0 Å². The van der Waals surface area contributed by atoms with Crippen LogP contribution in [-0.2, 0) is 39.9 Å². The fraction of sp³-hybridized carbons (Fsp3) is 0.474. The third kappa shape index (κ3) is 7.59. The van der Waals surface area contributed by atoms with Crippen molar-refractivity contribution in [1.82, 2.24) is 15.1 Å². The van der Waals surface area contributed by atoms with Gasteiger partial charge in [-0.1, -0.05) is 48.6 Å². The van der Waals surface area contributed by atoms with E-state index in [9.17, 15) is 28.8 Å². The molecule has 0 unspecified atom stereocenters. The van der Waals surface area contributed by atoms with Crippen molar-refractivity contribution in [3.63, 3.8) is 0 Å². The van der Waals surface area contributed by atoms with Crippen LogP contribution in [-0.4, -0.2) is 89.8 Å². The number of carbonyl (C=O) groups excluding carboxylic acids is 6. The van der Waals surface area contributed by atoms with Gasteiger partial charge in [0, 0.05) is 30.1 Å². The number of carbonyl (C=O) groups is 6. The standard InChI is InChI=1S/C38H44N4O8/c1-49-34(44)22-26-11-14-28-16-19-31(41(28)36(26)46)33(43)21-25-7-5-23(6-8-25)3-4-24-9-12-27(13-10-24)39-35(45)32-20-17-29-15-18-30(37(47)42(29)32)40-38(48)50-2/h3-10,12-13,26,28-32H,11,14-22H2,1-2H3,(H,39,45)(H,40,48)/b4-3+/t26-,28+,29+,30+,31+,32+/m1/s1. The van der Waals surface area contributed by atoms with Crippen LogP contribution in [0.15, 0.2) is 48.5 Å². The minimum atomic E-state index is -0.696. The van der Waals surface area contributed by atoms with Crippen molar-refractivity contribution < 1.29 is 38.2 Å². The number of ketones is 1. The van der Waals surface area contributed by atoms with E-state index in [2.05, 4.69) is 15.4 Å². The Morgan fingerprint density at radius 2 is 1.30 bits per heavy atom. The Morgan fingerprint density at radius 1 is 0.720 bits per heavy atom. The lowest BCUT2D eigenvalue weighted by atomic mass is 9.89. The molecule has 2 aromatic carbocycles. The summed E-state index contributed by atoms with van der Waals surface area (Å²) in [6.45, 7) is 0. The number of methoxy groups -OCH3 is 2. The van der Waals surface area contributed by atoms with Crippen LogP contribution in [0.25, 0.3) is 12.2 Å². The molecule has 12 heteroatoms. The number of alkyl carbamates (subject to hydrolysis) is 1. The molecule has 2 N–H and O–H groups in total. The van der Waals surface area contributed by atoms with Gasteiger partial charge < -0.3 is 29.9 Å². The van der Waals surface area contributed by atoms with Gasteiger partial charge in [-0.25, -0.2) is 4.79 Å². The molecular weight excluding hydrogens is 640 g/mol. The summed E-state index contributed by atoms with van der Waals surface area (Å²) in [7, 11) is 2.57. The number of nitrogens with one attached hydrogen (secondary N) is 2. The van der Waals surface area contributed by atoms with Gasteiger partial charge in [0.2, 0.25) is 17.7 Å². The highest BCUT2D eigenvalue weighted by Crippen LogP contribution is 2.37. The first-order chi connectivity index (χ1) is 24.1. The maximum absolute atomic E-state index is 13.3. The molecule has 4 aliphatic heterocycles. The third-order valence-corrected chi connectivity index (χ3v) is 10.6. The van der Waals surface area contributed by atoms with Crippen LogP contribution in [0.1, 0.15) is 74.5 Å². The summed E-state index contributed by atoms with van der Waals surface area (Å²) in [6.07, 6.45) is 9.01. The van der Waals surface area contributed by atoms with Crippen molar-refractivity contribution in [2.75, 3.05) is 19.5 Å². The van der Waals surface area contributed by atoms with Gasteiger partial charge in [0.15, 0.2) is 5.78 Å². The number of hydrogen-bond acceptors (Lipinski definition) is 8. The SMILES string of the molecule is COC(=O)C[C@H]1CC[C@H]2CC[C@@H](C(=O)Cc3ccc(/C=C/c4ccc(NC(=O)[C@@H]5CC[C@@H]6CC[C@H](NC(=O)OC)C(=O)N65)cc4)cc3)N2C1=O. The number of fused-ring (bicyclic) bond motifs is 2. The molecule has 6 atom stereocenters. The Kier molecular flexibility index (Phi) is 10.6. The molecule has 264 valence electrons. The van der Waals surface area contributed by atoms with Crippen molar-refractivity contribution >= 4 is 53.4 Å². The van der Waals surface area contributed by atoms with E-state index in [1.54, 1.807) is 9.80 Å². The van der Waals surface area contributed by atoms with E-state index in [-0.39, 0.29) is 48.4 Å². The summed E-state index contributed by atoms with van der Waals surface area (Å²) in [5.74, 6) is -1.42. The lowest BCUT2D eigenvalue weighted by Gasteiger charge is -2.37. The quantitative estimate of drug-likeness (QED) is 0.280. The van der Waals surface area contributed by atoms with Gasteiger partial charge in [-0.05, 0) is 80.2 Å². The summed E-state index contributed by atoms with van der Waals surface area (Å²) in [6, 6.07) is 13.5. The summed E-state index contributed by atoms with van der Waals surface area (Å²) in [5, 5.41) is 5.52. The van der Waals surface area contributed by atoms with Gasteiger partial charge in [-0.2, -0.15) is 0 Å². The Balaban J connectivity index is 1.00. The lowest BCUT2D eigenvalue weighted by molar-refractivity contribution is -0.152. The largest absolute Gasteiger partial charge is 0.469 e. The van der Waals surface area contributed by atoms with Crippen molar-refractivity contribution in [3.8, 4) is 0 Å². The van der Waals surface area contributed by atoms with Crippen LogP contribution in [0.5, 0.6) is 0 Å². The topological polar surface area (TPSA) is 151 Å². The zero-order valence-corrected chi connectivity index (χ0v) is 28.5. The van der Waals surface area contributed by atoms with Gasteiger partial charge >= 0.3 is 12.1 Å². The van der Waals surface area contributed by atoms with Gasteiger partial charge in [-0.3, -0.25) is 24.0 Å². The van der Waals surface area contributed by atoms with Gasteiger partial charge in [0.1, 0.15) is 12.1 Å². The zero-order chi connectivity index (χ0) is 35.4. The van der Waals surface area contributed by atoms with Crippen LogP contribution in [0.3, 0.4) is 0 Å². The highest BCUT2D eigenvalue weighted by molar-refractivity contribution is 5.99. The van der Waals surface area contributed by atoms with E-state index in [0.29, 0.717) is 31.4 Å². The predicted molar refractivity (Wildman–Crippen MR) is 184 cm³/mol. The molecule has 4 aliphatic rings. The first-order valence-corrected chi connectivity index (χ1v) is 17.4. The number of hydrogen-bond donors (Lipinski definition) is 2. The van der Waals surface area contributed by atoms with Gasteiger partial charge in [0.05, 0.1) is 26.7 Å². The third-order valence-electron chi connectivity index (χ3n) is 10.6. The first-order valence-electron chi connectivity index (χ1n) is 17.4. The second kappa shape index (κ2) is 15.3. The van der Waals surface area contributed by atoms with Crippen molar-refractivity contribution in [3.05, 3.63) is 65.2 Å². The number of Topliss-reactive ketones (excluding diaryl/α,β-unsaturated/α-hetero) is 1. The number of anilines is 1. The molecule has 0 bridgehead atoms. The number of amides is 4. The second-order valence-corrected chi connectivity index (χ2v) is 13.6. The predicted octanol–water partition coefficient (Wildman–Crippen LogP) is 4.12. The number of nitrogens with zero attached hydrogens (tertiary/aromatic N) is 2. The summed E-state index contributed by atoms with van der Waals surface area (Å²) >= 11 is 0. The molecule has 4 saturated heterocycles. The minimum Gasteiger partial charge on any atom is -0.469 e. The number of piperidine rings is 2. The van der Waals surface area contributed by atoms with Gasteiger partial charge in [-0.15, -0.1) is 0 Å². The molecule has 2 aromatic rings. The number of rotatable bonds is 10. The van der Waals surface area contributed by atoms with Crippen molar-refractivity contribution in [2.45, 2.75) is 94.4 Å². The Hall–Kier alpha value is -5.00. The van der Waals surface area contributed by atoms with Crippen LogP contribution in [0.4, 0.5) is 10.5 Å². The first kappa shape index (κ1) is 34.8. The molecule has 6 rings (SSSR count). The smallest absolute Gasteiger partial charge is 0.407 e. The van der Waals surface area contributed by atoms with E-state index in [4.69, 9.17) is 4.74 Å². The Bertz CT molecular complexity index is 1530. The maximum atomic E-state index is 13.3. The fourth-order valence-corrected chi connectivity index (χ4v) is 7.93. The average Bonchev–Trinajstić information content (AvgIpc) is 3.77. The summed E-state index contributed by atoms with van der Waals surface area (Å²) in [4.78, 5) is 79.7.